The Morgan fingerprint density at radius 2 is 1.25 bits per heavy atom. The average molecular weight is 368 g/mol. The lowest BCUT2D eigenvalue weighted by atomic mass is 10.0. The van der Waals surface area contributed by atoms with Gasteiger partial charge in [0.2, 0.25) is 0 Å². The van der Waals surface area contributed by atoms with Crippen molar-refractivity contribution in [1.29, 1.82) is 0 Å². The van der Waals surface area contributed by atoms with Crippen LogP contribution in [0.1, 0.15) is 6.42 Å². The zero-order chi connectivity index (χ0) is 13.4. The van der Waals surface area contributed by atoms with Crippen LogP contribution in [0.2, 0.25) is 0 Å². The molecule has 0 atom stereocenters. The van der Waals surface area contributed by atoms with Gasteiger partial charge in [-0.25, -0.2) is 0 Å². The van der Waals surface area contributed by atoms with Gasteiger partial charge in [0.25, 0.3) is 0 Å². The molecular formula is C7H5F8I. The average Bonchev–Trinajstić information content (AvgIpc) is 2.01. The van der Waals surface area contributed by atoms with Crippen molar-refractivity contribution in [3.63, 3.8) is 0 Å². The topological polar surface area (TPSA) is 0 Å². The minimum atomic E-state index is -6.17. The maximum Gasteiger partial charge on any atom is 0.387 e. The molecule has 0 saturated heterocycles. The summed E-state index contributed by atoms with van der Waals surface area (Å²) in [5.41, 5.74) is 0. The number of hydrogen-bond donors (Lipinski definition) is 0. The molecule has 0 rings (SSSR count). The second kappa shape index (κ2) is 4.30. The van der Waals surface area contributed by atoms with E-state index in [1.165, 1.54) is 0 Å². The molecule has 0 fully saturated rings. The smallest absolute Gasteiger partial charge is 0.199 e. The van der Waals surface area contributed by atoms with Crippen molar-refractivity contribution >= 4 is 22.6 Å². The van der Waals surface area contributed by atoms with Crippen LogP contribution < -0.4 is 0 Å². The Morgan fingerprint density at radius 3 is 1.50 bits per heavy atom. The van der Waals surface area contributed by atoms with Crippen molar-refractivity contribution in [3.8, 4) is 0 Å². The van der Waals surface area contributed by atoms with E-state index in [-0.39, 0.29) is 28.7 Å². The van der Waals surface area contributed by atoms with Crippen molar-refractivity contribution in [3.05, 3.63) is 12.7 Å². The first kappa shape index (κ1) is 15.9. The molecule has 16 heavy (non-hydrogen) atoms. The van der Waals surface area contributed by atoms with E-state index in [0.29, 0.717) is 0 Å². The lowest BCUT2D eigenvalue weighted by molar-refractivity contribution is -0.341. The highest BCUT2D eigenvalue weighted by Gasteiger charge is 2.79. The van der Waals surface area contributed by atoms with Gasteiger partial charge in [-0.2, -0.15) is 35.1 Å². The summed E-state index contributed by atoms with van der Waals surface area (Å²) in [6, 6.07) is 0. The third-order valence-corrected chi connectivity index (χ3v) is 2.29. The van der Waals surface area contributed by atoms with Gasteiger partial charge in [0.1, 0.15) is 0 Å². The van der Waals surface area contributed by atoms with Crippen molar-refractivity contribution in [1.82, 2.24) is 0 Å². The number of hydrogen-bond acceptors (Lipinski definition) is 0. The van der Waals surface area contributed by atoms with Crippen LogP contribution in [0, 0.1) is 0 Å². The number of rotatable bonds is 5. The summed E-state index contributed by atoms with van der Waals surface area (Å²) in [7, 11) is 0. The van der Waals surface area contributed by atoms with Gasteiger partial charge in [-0.1, -0.05) is 6.08 Å². The quantitative estimate of drug-likeness (QED) is 0.290. The standard InChI is InChI=1S/C7H5F8I/c1-2-3-4(8,9)5(10,11)6(12,13)7(14,15)16/h2H,1,3H2. The summed E-state index contributed by atoms with van der Waals surface area (Å²) in [6.07, 6.45) is -1.59. The first-order chi connectivity index (χ1) is 6.81. The molecule has 0 radical (unpaired) electrons. The van der Waals surface area contributed by atoms with Crippen LogP contribution in [0.15, 0.2) is 12.7 Å². The monoisotopic (exact) mass is 368 g/mol. The third-order valence-electron chi connectivity index (χ3n) is 1.61. The van der Waals surface area contributed by atoms with Crippen LogP contribution in [0.25, 0.3) is 0 Å². The van der Waals surface area contributed by atoms with Crippen LogP contribution in [0.5, 0.6) is 0 Å². The molecule has 9 heteroatoms. The molecule has 0 heterocycles. The second-order valence-electron chi connectivity index (χ2n) is 2.84. The first-order valence-corrected chi connectivity index (χ1v) is 4.70. The van der Waals surface area contributed by atoms with E-state index in [0.717, 1.165) is 0 Å². The molecule has 0 nitrogen and oxygen atoms in total. The third kappa shape index (κ3) is 2.43. The van der Waals surface area contributed by atoms with E-state index in [4.69, 9.17) is 0 Å². The molecular weight excluding hydrogens is 363 g/mol. The van der Waals surface area contributed by atoms with Gasteiger partial charge in [-0.15, -0.1) is 6.58 Å². The predicted octanol–water partition coefficient (Wildman–Crippen LogP) is 4.50. The van der Waals surface area contributed by atoms with Crippen LogP contribution in [0.4, 0.5) is 35.1 Å². The molecule has 0 unspecified atom stereocenters. The Balaban J connectivity index is 5.42. The minimum Gasteiger partial charge on any atom is -0.199 e. The van der Waals surface area contributed by atoms with Crippen molar-refractivity contribution in [2.45, 2.75) is 28.1 Å². The van der Waals surface area contributed by atoms with Gasteiger partial charge in [-0.05, 0) is 0 Å². The highest BCUT2D eigenvalue weighted by molar-refractivity contribution is 14.1. The summed E-state index contributed by atoms with van der Waals surface area (Å²) < 4.78 is 94.5. The van der Waals surface area contributed by atoms with Gasteiger partial charge >= 0.3 is 21.7 Å². The summed E-state index contributed by atoms with van der Waals surface area (Å²) in [5.74, 6) is -17.6. The Kier molecular flexibility index (Phi) is 4.27. The fourth-order valence-electron chi connectivity index (χ4n) is 0.717. The van der Waals surface area contributed by atoms with E-state index in [1.807, 2.05) is 0 Å². The predicted molar refractivity (Wildman–Crippen MR) is 48.6 cm³/mol. The molecule has 0 aliphatic carbocycles. The summed E-state index contributed by atoms with van der Waals surface area (Å²) in [5, 5.41) is 0. The van der Waals surface area contributed by atoms with Gasteiger partial charge in [0.05, 0.1) is 0 Å². The molecule has 0 aliphatic rings. The van der Waals surface area contributed by atoms with Crippen molar-refractivity contribution < 1.29 is 35.1 Å². The SMILES string of the molecule is C=CCC(F)(F)C(F)(F)C(F)(F)C(F)(F)I. The zero-order valence-electron chi connectivity index (χ0n) is 7.39. The summed E-state index contributed by atoms with van der Waals surface area (Å²) in [6.45, 7) is 2.66. The molecule has 0 aliphatic heterocycles. The Hall–Kier alpha value is -0.0900. The first-order valence-electron chi connectivity index (χ1n) is 3.62. The van der Waals surface area contributed by atoms with Crippen LogP contribution >= 0.6 is 22.6 Å². The van der Waals surface area contributed by atoms with E-state index in [1.54, 1.807) is 0 Å². The molecule has 0 amide bonds. The highest BCUT2D eigenvalue weighted by atomic mass is 127. The molecule has 0 aromatic carbocycles. The number of allylic oxidation sites excluding steroid dienone is 1. The van der Waals surface area contributed by atoms with E-state index < -0.39 is 28.1 Å². The molecule has 0 saturated carbocycles. The van der Waals surface area contributed by atoms with Gasteiger partial charge in [0, 0.05) is 29.0 Å². The Morgan fingerprint density at radius 1 is 0.875 bits per heavy atom. The highest BCUT2D eigenvalue weighted by Crippen LogP contribution is 2.55. The second-order valence-corrected chi connectivity index (χ2v) is 4.20. The minimum absolute atomic E-state index is 0.245. The van der Waals surface area contributed by atoms with Crippen molar-refractivity contribution in [2.24, 2.45) is 0 Å². The zero-order valence-corrected chi connectivity index (χ0v) is 9.55. The molecule has 0 N–H and O–H groups in total. The summed E-state index contributed by atoms with van der Waals surface area (Å²) in [4.78, 5) is 0. The van der Waals surface area contributed by atoms with E-state index in [9.17, 15) is 35.1 Å². The maximum absolute atomic E-state index is 12.6. The lowest BCUT2D eigenvalue weighted by Gasteiger charge is -2.34. The lowest BCUT2D eigenvalue weighted by Crippen LogP contribution is -2.60. The fourth-order valence-corrected chi connectivity index (χ4v) is 1.06. The van der Waals surface area contributed by atoms with Crippen LogP contribution in [-0.4, -0.2) is 21.7 Å². The van der Waals surface area contributed by atoms with Crippen LogP contribution in [-0.2, 0) is 0 Å². The van der Waals surface area contributed by atoms with Crippen molar-refractivity contribution in [2.75, 3.05) is 0 Å². The molecule has 0 aromatic rings. The molecule has 96 valence electrons. The summed E-state index contributed by atoms with van der Waals surface area (Å²) >= 11 is -0.309. The van der Waals surface area contributed by atoms with Gasteiger partial charge < -0.3 is 0 Å². The number of alkyl halides is 9. The van der Waals surface area contributed by atoms with E-state index >= 15 is 0 Å². The Labute approximate surface area is 98.8 Å². The molecule has 0 spiro atoms. The molecule has 0 bridgehead atoms. The van der Waals surface area contributed by atoms with Gasteiger partial charge in [-0.3, -0.25) is 0 Å². The van der Waals surface area contributed by atoms with E-state index in [2.05, 4.69) is 6.58 Å². The normalized spacial score (nSPS) is 15.1. The van der Waals surface area contributed by atoms with Gasteiger partial charge in [0.15, 0.2) is 0 Å². The fraction of sp³-hybridized carbons (Fsp3) is 0.714. The van der Waals surface area contributed by atoms with Crippen LogP contribution in [0.3, 0.4) is 0 Å². The maximum atomic E-state index is 12.6. The Bertz CT molecular complexity index is 266. The molecule has 0 aromatic heterocycles. The number of halogens is 9. The largest absolute Gasteiger partial charge is 0.387 e.